The van der Waals surface area contributed by atoms with Crippen LogP contribution in [0, 0.1) is 6.92 Å². The van der Waals surface area contributed by atoms with Crippen molar-refractivity contribution in [3.63, 3.8) is 0 Å². The molecule has 2 rings (SSSR count). The summed E-state index contributed by atoms with van der Waals surface area (Å²) < 4.78 is 28.6. The summed E-state index contributed by atoms with van der Waals surface area (Å²) in [6, 6.07) is 6.92. The van der Waals surface area contributed by atoms with Crippen LogP contribution < -0.4 is 0 Å². The van der Waals surface area contributed by atoms with E-state index in [2.05, 4.69) is 3.77 Å². The molecular formula is C14H21NO2S2. The summed E-state index contributed by atoms with van der Waals surface area (Å²) in [4.78, 5) is 0.313. The topological polar surface area (TPSA) is 46.5 Å². The summed E-state index contributed by atoms with van der Waals surface area (Å²) in [7, 11) is -3.88. The van der Waals surface area contributed by atoms with E-state index in [4.69, 9.17) is 0 Å². The average Bonchev–Trinajstić information content (AvgIpc) is 2.40. The molecule has 0 N–H and O–H groups in total. The quantitative estimate of drug-likeness (QED) is 0.858. The lowest BCUT2D eigenvalue weighted by Crippen LogP contribution is -2.18. The van der Waals surface area contributed by atoms with Gasteiger partial charge >= 0.3 is 0 Å². The molecule has 1 fully saturated rings. The van der Waals surface area contributed by atoms with Crippen molar-refractivity contribution in [2.24, 2.45) is 3.77 Å². The fourth-order valence-electron chi connectivity index (χ4n) is 2.38. The third-order valence-corrected chi connectivity index (χ3v) is 7.60. The lowest BCUT2D eigenvalue weighted by Gasteiger charge is -2.21. The Morgan fingerprint density at radius 3 is 2.26 bits per heavy atom. The number of benzene rings is 1. The van der Waals surface area contributed by atoms with Crippen molar-refractivity contribution in [2.75, 3.05) is 6.26 Å². The van der Waals surface area contributed by atoms with Crippen LogP contribution in [0.5, 0.6) is 0 Å². The van der Waals surface area contributed by atoms with Crippen molar-refractivity contribution < 1.29 is 8.42 Å². The van der Waals surface area contributed by atoms with Gasteiger partial charge in [0.05, 0.1) is 4.90 Å². The van der Waals surface area contributed by atoms with Crippen LogP contribution in [-0.2, 0) is 20.7 Å². The zero-order chi connectivity index (χ0) is 13.9. The van der Waals surface area contributed by atoms with Crippen molar-refractivity contribution in [2.45, 2.75) is 49.2 Å². The SMILES string of the molecule is Cc1ccc(S(=O)(=O)/N=S(\C)C2CCCCC2)cc1. The van der Waals surface area contributed by atoms with Crippen LogP contribution in [0.1, 0.15) is 37.7 Å². The Bertz CT molecular complexity index is 556. The van der Waals surface area contributed by atoms with Crippen LogP contribution in [-0.4, -0.2) is 19.9 Å². The molecule has 0 aliphatic heterocycles. The highest BCUT2D eigenvalue weighted by molar-refractivity contribution is 8.00. The molecule has 3 nitrogen and oxygen atoms in total. The lowest BCUT2D eigenvalue weighted by molar-refractivity contribution is 0.514. The zero-order valence-corrected chi connectivity index (χ0v) is 13.1. The van der Waals surface area contributed by atoms with Gasteiger partial charge in [-0.25, -0.2) is 0 Å². The molecule has 1 atom stereocenters. The summed E-state index contributed by atoms with van der Waals surface area (Å²) >= 11 is 0. The Labute approximate surface area is 118 Å². The van der Waals surface area contributed by atoms with E-state index in [-0.39, 0.29) is 0 Å². The molecule has 0 bridgehead atoms. The molecule has 0 amide bonds. The molecule has 19 heavy (non-hydrogen) atoms. The number of aryl methyl sites for hydroxylation is 1. The number of hydrogen-bond donors (Lipinski definition) is 0. The van der Waals surface area contributed by atoms with E-state index in [1.54, 1.807) is 12.1 Å². The van der Waals surface area contributed by atoms with E-state index >= 15 is 0 Å². The Morgan fingerprint density at radius 2 is 1.68 bits per heavy atom. The van der Waals surface area contributed by atoms with E-state index in [9.17, 15) is 8.42 Å². The van der Waals surface area contributed by atoms with Gasteiger partial charge in [0.1, 0.15) is 0 Å². The third kappa shape index (κ3) is 3.89. The molecule has 5 heteroatoms. The average molecular weight is 299 g/mol. The maximum absolute atomic E-state index is 12.2. The second kappa shape index (κ2) is 6.18. The molecule has 0 saturated heterocycles. The van der Waals surface area contributed by atoms with E-state index in [1.165, 1.54) is 19.3 Å². The summed E-state index contributed by atoms with van der Waals surface area (Å²) in [6.45, 7) is 1.94. The molecular weight excluding hydrogens is 278 g/mol. The first-order valence-electron chi connectivity index (χ1n) is 6.68. The Hall–Kier alpha value is -0.680. The zero-order valence-electron chi connectivity index (χ0n) is 11.5. The molecule has 106 valence electrons. The summed E-state index contributed by atoms with van der Waals surface area (Å²) in [5.41, 5.74) is 1.06. The van der Waals surface area contributed by atoms with Crippen molar-refractivity contribution >= 4 is 20.7 Å². The summed E-state index contributed by atoms with van der Waals surface area (Å²) in [6.07, 6.45) is 7.89. The highest BCUT2D eigenvalue weighted by Gasteiger charge is 2.19. The maximum atomic E-state index is 12.2. The van der Waals surface area contributed by atoms with Crippen molar-refractivity contribution in [1.29, 1.82) is 0 Å². The maximum Gasteiger partial charge on any atom is 0.287 e. The van der Waals surface area contributed by atoms with Crippen molar-refractivity contribution in [1.82, 2.24) is 0 Å². The largest absolute Gasteiger partial charge is 0.287 e. The Kier molecular flexibility index (Phi) is 4.79. The first-order valence-corrected chi connectivity index (χ1v) is 9.78. The van der Waals surface area contributed by atoms with E-state index in [0.717, 1.165) is 18.4 Å². The van der Waals surface area contributed by atoms with Gasteiger partial charge in [-0.05, 0) is 38.2 Å². The van der Waals surface area contributed by atoms with Crippen LogP contribution in [0.4, 0.5) is 0 Å². The standard InChI is InChI=1S/C14H21NO2S2/c1-12-8-10-14(11-9-12)19(16,17)15-18(2)13-6-4-3-5-7-13/h8-11,13H,3-7H2,1-2H3. The monoisotopic (exact) mass is 299 g/mol. The predicted molar refractivity (Wildman–Crippen MR) is 81.0 cm³/mol. The van der Waals surface area contributed by atoms with Gasteiger partial charge in [0, 0.05) is 5.25 Å². The van der Waals surface area contributed by atoms with Crippen LogP contribution in [0.15, 0.2) is 32.9 Å². The minimum atomic E-state index is -3.49. The fourth-order valence-corrected chi connectivity index (χ4v) is 5.94. The number of hydrogen-bond acceptors (Lipinski definition) is 2. The summed E-state index contributed by atoms with van der Waals surface area (Å²) in [5.74, 6) is 0. The molecule has 0 radical (unpaired) electrons. The van der Waals surface area contributed by atoms with Crippen molar-refractivity contribution in [3.05, 3.63) is 29.8 Å². The Balaban J connectivity index is 2.22. The molecule has 0 spiro atoms. The number of rotatable bonds is 3. The first kappa shape index (κ1) is 14.7. The minimum Gasteiger partial charge on any atom is -0.199 e. The summed E-state index contributed by atoms with van der Waals surface area (Å²) in [5, 5.41) is 0.453. The van der Waals surface area contributed by atoms with Crippen LogP contribution >= 0.6 is 0 Å². The lowest BCUT2D eigenvalue weighted by atomic mass is 10.0. The van der Waals surface area contributed by atoms with Gasteiger partial charge in [-0.1, -0.05) is 47.6 Å². The Morgan fingerprint density at radius 1 is 1.11 bits per heavy atom. The van der Waals surface area contributed by atoms with E-state index in [0.29, 0.717) is 10.1 Å². The molecule has 1 aromatic rings. The smallest absolute Gasteiger partial charge is 0.199 e. The number of nitrogens with zero attached hydrogens (tertiary/aromatic N) is 1. The fraction of sp³-hybridized carbons (Fsp3) is 0.571. The molecule has 0 heterocycles. The van der Waals surface area contributed by atoms with E-state index in [1.807, 2.05) is 25.3 Å². The van der Waals surface area contributed by atoms with Gasteiger partial charge in [0.2, 0.25) is 0 Å². The predicted octanol–water partition coefficient (Wildman–Crippen LogP) is 3.45. The van der Waals surface area contributed by atoms with Gasteiger partial charge in [0.15, 0.2) is 0 Å². The molecule has 1 aliphatic rings. The normalized spacial score (nSPS) is 19.5. The van der Waals surface area contributed by atoms with Crippen LogP contribution in [0.3, 0.4) is 0 Å². The third-order valence-electron chi connectivity index (χ3n) is 3.57. The molecule has 0 aromatic heterocycles. The van der Waals surface area contributed by atoms with Gasteiger partial charge in [-0.15, -0.1) is 3.77 Å². The van der Waals surface area contributed by atoms with Gasteiger partial charge in [-0.2, -0.15) is 8.42 Å². The second-order valence-electron chi connectivity index (χ2n) is 5.15. The van der Waals surface area contributed by atoms with Gasteiger partial charge in [0.25, 0.3) is 10.0 Å². The van der Waals surface area contributed by atoms with Crippen LogP contribution in [0.2, 0.25) is 0 Å². The highest BCUT2D eigenvalue weighted by atomic mass is 32.3. The number of sulfonamides is 1. The van der Waals surface area contributed by atoms with Crippen molar-refractivity contribution in [3.8, 4) is 0 Å². The minimum absolute atomic E-state index is 0.313. The first-order chi connectivity index (χ1) is 8.99. The van der Waals surface area contributed by atoms with Gasteiger partial charge in [-0.3, -0.25) is 0 Å². The molecule has 1 aliphatic carbocycles. The highest BCUT2D eigenvalue weighted by Crippen LogP contribution is 2.24. The van der Waals surface area contributed by atoms with Crippen LogP contribution in [0.25, 0.3) is 0 Å². The van der Waals surface area contributed by atoms with Gasteiger partial charge < -0.3 is 0 Å². The second-order valence-corrected chi connectivity index (χ2v) is 8.88. The molecule has 1 saturated carbocycles. The van der Waals surface area contributed by atoms with E-state index < -0.39 is 20.7 Å². The molecule has 1 aromatic carbocycles. The molecule has 1 unspecified atom stereocenters.